The molecule has 0 radical (unpaired) electrons. The van der Waals surface area contributed by atoms with Crippen molar-refractivity contribution in [3.05, 3.63) is 47.5 Å². The summed E-state index contributed by atoms with van der Waals surface area (Å²) in [6.45, 7) is 5.30. The molecule has 2 aliphatic heterocycles. The highest BCUT2D eigenvalue weighted by Gasteiger charge is 2.50. The fourth-order valence-corrected chi connectivity index (χ4v) is 5.41. The number of benzene rings is 1. The number of methoxy groups -OCH3 is 1. The van der Waals surface area contributed by atoms with E-state index in [2.05, 4.69) is 15.3 Å². The van der Waals surface area contributed by atoms with E-state index in [0.717, 1.165) is 42.4 Å². The zero-order valence-electron chi connectivity index (χ0n) is 15.9. The molecular weight excluding hydrogens is 360 g/mol. The number of carbonyl (C=O) groups is 1. The van der Waals surface area contributed by atoms with Gasteiger partial charge >= 0.3 is 0 Å². The molecule has 7 heteroatoms. The number of nitrogens with zero attached hydrogens (tertiary/aromatic N) is 3. The van der Waals surface area contributed by atoms with Crippen LogP contribution in [-0.2, 0) is 0 Å². The molecule has 3 heterocycles. The monoisotopic (exact) mass is 384 g/mol. The zero-order valence-corrected chi connectivity index (χ0v) is 16.7. The number of anilines is 1. The van der Waals surface area contributed by atoms with Gasteiger partial charge in [-0.15, -0.1) is 11.8 Å². The number of amides is 1. The van der Waals surface area contributed by atoms with Gasteiger partial charge in [-0.25, -0.2) is 9.97 Å². The third-order valence-corrected chi connectivity index (χ3v) is 6.85. The highest BCUT2D eigenvalue weighted by atomic mass is 32.2. The molecular formula is C20H24N4O2S. The van der Waals surface area contributed by atoms with Crippen LogP contribution >= 0.6 is 11.8 Å². The number of ether oxygens (including phenoxy) is 1. The Balaban J connectivity index is 1.34. The van der Waals surface area contributed by atoms with Gasteiger partial charge in [0.05, 0.1) is 23.1 Å². The fraction of sp³-hybridized carbons (Fsp3) is 0.450. The third-order valence-electron chi connectivity index (χ3n) is 5.25. The minimum absolute atomic E-state index is 0.0466. The molecule has 27 heavy (non-hydrogen) atoms. The zero-order chi connectivity index (χ0) is 19.0. The van der Waals surface area contributed by atoms with Crippen molar-refractivity contribution in [3.63, 3.8) is 0 Å². The number of carbonyl (C=O) groups excluding carboxylic acids is 1. The van der Waals surface area contributed by atoms with Crippen LogP contribution in [0.4, 0.5) is 5.69 Å². The Morgan fingerprint density at radius 2 is 2.04 bits per heavy atom. The predicted molar refractivity (Wildman–Crippen MR) is 108 cm³/mol. The lowest BCUT2D eigenvalue weighted by Crippen LogP contribution is -2.61. The minimum atomic E-state index is 0.0466. The van der Waals surface area contributed by atoms with Gasteiger partial charge < -0.3 is 15.0 Å². The molecule has 0 bridgehead atoms. The summed E-state index contributed by atoms with van der Waals surface area (Å²) in [5.74, 6) is 2.66. The Morgan fingerprint density at radius 3 is 2.70 bits per heavy atom. The summed E-state index contributed by atoms with van der Waals surface area (Å²) in [7, 11) is 1.67. The average molecular weight is 385 g/mol. The number of thioether (sulfide) groups is 1. The molecule has 1 aromatic carbocycles. The topological polar surface area (TPSA) is 67.3 Å². The van der Waals surface area contributed by atoms with Gasteiger partial charge in [0.1, 0.15) is 11.6 Å². The summed E-state index contributed by atoms with van der Waals surface area (Å²) in [4.78, 5) is 23.2. The molecule has 1 spiro atoms. The maximum absolute atomic E-state index is 12.7. The van der Waals surface area contributed by atoms with Crippen molar-refractivity contribution < 1.29 is 9.53 Å². The van der Waals surface area contributed by atoms with Gasteiger partial charge in [-0.2, -0.15) is 0 Å². The molecule has 1 unspecified atom stereocenters. The summed E-state index contributed by atoms with van der Waals surface area (Å²) in [6.07, 6.45) is 2.72. The number of rotatable bonds is 4. The van der Waals surface area contributed by atoms with Gasteiger partial charge in [-0.1, -0.05) is 0 Å². The first-order valence-corrected chi connectivity index (χ1v) is 10.1. The first-order valence-electron chi connectivity index (χ1n) is 9.12. The summed E-state index contributed by atoms with van der Waals surface area (Å²) < 4.78 is 5.39. The van der Waals surface area contributed by atoms with Crippen LogP contribution in [0.25, 0.3) is 0 Å². The number of likely N-dealkylation sites (tertiary alicyclic amines) is 1. The summed E-state index contributed by atoms with van der Waals surface area (Å²) >= 11 is 1.98. The van der Waals surface area contributed by atoms with Gasteiger partial charge in [0.15, 0.2) is 0 Å². The lowest BCUT2D eigenvalue weighted by molar-refractivity contribution is 0.0556. The molecule has 0 aliphatic carbocycles. The van der Waals surface area contributed by atoms with Crippen molar-refractivity contribution in [1.29, 1.82) is 0 Å². The van der Waals surface area contributed by atoms with E-state index in [9.17, 15) is 4.79 Å². The van der Waals surface area contributed by atoms with E-state index in [1.165, 1.54) is 0 Å². The van der Waals surface area contributed by atoms with Gasteiger partial charge in [-0.3, -0.25) is 4.79 Å². The lowest BCUT2D eigenvalue weighted by atomic mass is 9.91. The average Bonchev–Trinajstić information content (AvgIpc) is 3.05. The highest BCUT2D eigenvalue weighted by Crippen LogP contribution is 2.46. The Kier molecular flexibility index (Phi) is 4.72. The quantitative estimate of drug-likeness (QED) is 0.874. The number of hydrogen-bond donors (Lipinski definition) is 1. The Morgan fingerprint density at radius 1 is 1.30 bits per heavy atom. The second-order valence-corrected chi connectivity index (χ2v) is 8.83. The van der Waals surface area contributed by atoms with Crippen LogP contribution in [0.5, 0.6) is 5.75 Å². The van der Waals surface area contributed by atoms with Crippen molar-refractivity contribution >= 4 is 23.4 Å². The maximum Gasteiger partial charge on any atom is 0.257 e. The van der Waals surface area contributed by atoms with Crippen LogP contribution in [0, 0.1) is 13.8 Å². The molecule has 4 rings (SSSR count). The van der Waals surface area contributed by atoms with E-state index in [-0.39, 0.29) is 10.7 Å². The summed E-state index contributed by atoms with van der Waals surface area (Å²) in [6, 6.07) is 8.45. The molecule has 2 aliphatic rings. The van der Waals surface area contributed by atoms with Crippen molar-refractivity contribution in [1.82, 2.24) is 14.9 Å². The maximum atomic E-state index is 12.7. The smallest absolute Gasteiger partial charge is 0.257 e. The molecule has 2 aromatic rings. The third kappa shape index (κ3) is 3.60. The van der Waals surface area contributed by atoms with E-state index in [1.807, 2.05) is 54.8 Å². The van der Waals surface area contributed by atoms with E-state index < -0.39 is 0 Å². The fourth-order valence-electron chi connectivity index (χ4n) is 3.84. The molecule has 142 valence electrons. The van der Waals surface area contributed by atoms with Crippen LogP contribution in [0.15, 0.2) is 30.5 Å². The molecule has 1 N–H and O–H groups in total. The molecule has 1 atom stereocenters. The van der Waals surface area contributed by atoms with Gasteiger partial charge in [0.2, 0.25) is 0 Å². The van der Waals surface area contributed by atoms with Crippen molar-refractivity contribution in [3.8, 4) is 5.75 Å². The standard InChI is InChI=1S/C20H24N4O2S/c1-13-18(9-21-14(2)22-13)19(25)24-11-20(12-24)8-16(10-27-20)23-15-4-6-17(26-3)7-5-15/h4-7,9,16,23H,8,10-12H2,1-3H3. The van der Waals surface area contributed by atoms with E-state index >= 15 is 0 Å². The second kappa shape index (κ2) is 7.03. The normalized spacial score (nSPS) is 20.4. The highest BCUT2D eigenvalue weighted by molar-refractivity contribution is 8.01. The molecule has 1 amide bonds. The van der Waals surface area contributed by atoms with Crippen LogP contribution < -0.4 is 10.1 Å². The minimum Gasteiger partial charge on any atom is -0.497 e. The Labute approximate surface area is 163 Å². The lowest BCUT2D eigenvalue weighted by Gasteiger charge is -2.47. The van der Waals surface area contributed by atoms with Gasteiger partial charge in [-0.05, 0) is 44.5 Å². The molecule has 2 fully saturated rings. The Bertz CT molecular complexity index is 850. The first-order chi connectivity index (χ1) is 13.0. The molecule has 6 nitrogen and oxygen atoms in total. The molecule has 0 saturated carbocycles. The number of nitrogens with one attached hydrogen (secondary N) is 1. The van der Waals surface area contributed by atoms with Crippen molar-refractivity contribution in [2.24, 2.45) is 0 Å². The van der Waals surface area contributed by atoms with Crippen molar-refractivity contribution in [2.45, 2.75) is 31.1 Å². The van der Waals surface area contributed by atoms with Crippen LogP contribution in [0.3, 0.4) is 0 Å². The van der Waals surface area contributed by atoms with Crippen LogP contribution in [0.1, 0.15) is 28.3 Å². The number of hydrogen-bond acceptors (Lipinski definition) is 6. The van der Waals surface area contributed by atoms with E-state index in [4.69, 9.17) is 4.74 Å². The predicted octanol–water partition coefficient (Wildman–Crippen LogP) is 2.91. The SMILES string of the molecule is COc1ccc(NC2CSC3(C2)CN(C(=O)c2cnc(C)nc2C)C3)cc1. The molecule has 1 aromatic heterocycles. The Hall–Kier alpha value is -2.28. The summed E-state index contributed by atoms with van der Waals surface area (Å²) in [5, 5.41) is 3.61. The summed E-state index contributed by atoms with van der Waals surface area (Å²) in [5.41, 5.74) is 2.48. The van der Waals surface area contributed by atoms with Crippen LogP contribution in [-0.4, -0.2) is 57.5 Å². The van der Waals surface area contributed by atoms with E-state index in [0.29, 0.717) is 17.4 Å². The van der Waals surface area contributed by atoms with Gasteiger partial charge in [0, 0.05) is 36.8 Å². The second-order valence-electron chi connectivity index (χ2n) is 7.35. The van der Waals surface area contributed by atoms with Crippen LogP contribution in [0.2, 0.25) is 0 Å². The van der Waals surface area contributed by atoms with Crippen molar-refractivity contribution in [2.75, 3.05) is 31.3 Å². The number of aromatic nitrogens is 2. The van der Waals surface area contributed by atoms with E-state index in [1.54, 1.807) is 13.3 Å². The number of aryl methyl sites for hydroxylation is 2. The van der Waals surface area contributed by atoms with Gasteiger partial charge in [0.25, 0.3) is 5.91 Å². The molecule has 2 saturated heterocycles. The first kappa shape index (κ1) is 18.1. The largest absolute Gasteiger partial charge is 0.497 e.